The van der Waals surface area contributed by atoms with E-state index in [-0.39, 0.29) is 11.8 Å². The van der Waals surface area contributed by atoms with Crippen LogP contribution in [0.15, 0.2) is 0 Å². The molecule has 0 saturated heterocycles. The molecule has 1 amide bonds. The summed E-state index contributed by atoms with van der Waals surface area (Å²) in [6, 6.07) is 1.31. The van der Waals surface area contributed by atoms with E-state index in [2.05, 4.69) is 24.2 Å². The fourth-order valence-electron chi connectivity index (χ4n) is 2.68. The van der Waals surface area contributed by atoms with Crippen molar-refractivity contribution in [2.75, 3.05) is 20.1 Å². The van der Waals surface area contributed by atoms with Crippen molar-refractivity contribution < 1.29 is 4.79 Å². The van der Waals surface area contributed by atoms with Crippen LogP contribution in [0.1, 0.15) is 39.5 Å². The number of amides is 1. The Bertz CT molecular complexity index is 237. The van der Waals surface area contributed by atoms with Gasteiger partial charge in [0, 0.05) is 24.5 Å². The minimum atomic E-state index is -0.196. The summed E-state index contributed by atoms with van der Waals surface area (Å²) in [6.07, 6.45) is 4.93. The molecule has 0 aromatic rings. The third kappa shape index (κ3) is 4.64. The Morgan fingerprint density at radius 2 is 2.00 bits per heavy atom. The minimum Gasteiger partial charge on any atom is -0.369 e. The average molecular weight is 241 g/mol. The van der Waals surface area contributed by atoms with Crippen molar-refractivity contribution in [1.82, 2.24) is 10.2 Å². The van der Waals surface area contributed by atoms with E-state index < -0.39 is 0 Å². The van der Waals surface area contributed by atoms with E-state index >= 15 is 0 Å². The molecule has 4 nitrogen and oxygen atoms in total. The van der Waals surface area contributed by atoms with Gasteiger partial charge in [-0.15, -0.1) is 0 Å². The van der Waals surface area contributed by atoms with Crippen LogP contribution in [0.5, 0.6) is 0 Å². The molecule has 0 aromatic heterocycles. The van der Waals surface area contributed by atoms with Crippen LogP contribution < -0.4 is 11.1 Å². The standard InChI is InChI=1S/C13H27N3O/c1-4-15-11-5-7-12(8-6-11)16(3)9-10(2)13(14)17/h10-12,15H,4-9H2,1-3H3,(H2,14,17). The van der Waals surface area contributed by atoms with E-state index in [1.54, 1.807) is 0 Å². The van der Waals surface area contributed by atoms with Crippen LogP contribution in [-0.4, -0.2) is 43.0 Å². The zero-order valence-electron chi connectivity index (χ0n) is 11.4. The smallest absolute Gasteiger partial charge is 0.221 e. The van der Waals surface area contributed by atoms with Gasteiger partial charge >= 0.3 is 0 Å². The highest BCUT2D eigenvalue weighted by molar-refractivity contribution is 5.76. The molecule has 3 N–H and O–H groups in total. The zero-order valence-corrected chi connectivity index (χ0v) is 11.4. The molecule has 0 spiro atoms. The van der Waals surface area contributed by atoms with Crippen molar-refractivity contribution in [3.63, 3.8) is 0 Å². The summed E-state index contributed by atoms with van der Waals surface area (Å²) in [5, 5.41) is 3.51. The number of hydrogen-bond donors (Lipinski definition) is 2. The number of primary amides is 1. The lowest BCUT2D eigenvalue weighted by Crippen LogP contribution is -2.43. The average Bonchev–Trinajstić information content (AvgIpc) is 2.30. The van der Waals surface area contributed by atoms with Crippen LogP contribution in [0, 0.1) is 5.92 Å². The molecule has 1 aliphatic carbocycles. The van der Waals surface area contributed by atoms with Gasteiger partial charge in [-0.05, 0) is 39.3 Å². The Hall–Kier alpha value is -0.610. The van der Waals surface area contributed by atoms with Crippen LogP contribution in [0.3, 0.4) is 0 Å². The van der Waals surface area contributed by atoms with Gasteiger partial charge in [-0.1, -0.05) is 13.8 Å². The van der Waals surface area contributed by atoms with E-state index in [0.29, 0.717) is 12.1 Å². The summed E-state index contributed by atoms with van der Waals surface area (Å²) >= 11 is 0. The van der Waals surface area contributed by atoms with Gasteiger partial charge in [-0.3, -0.25) is 4.79 Å². The summed E-state index contributed by atoms with van der Waals surface area (Å²) in [7, 11) is 2.11. The molecule has 1 atom stereocenters. The maximum atomic E-state index is 11.0. The minimum absolute atomic E-state index is 0.0495. The van der Waals surface area contributed by atoms with Gasteiger partial charge in [0.05, 0.1) is 0 Å². The largest absolute Gasteiger partial charge is 0.369 e. The SMILES string of the molecule is CCNC1CCC(N(C)CC(C)C(N)=O)CC1. The van der Waals surface area contributed by atoms with E-state index in [4.69, 9.17) is 5.73 Å². The summed E-state index contributed by atoms with van der Waals surface area (Å²) in [5.74, 6) is -0.246. The molecule has 1 aliphatic rings. The summed E-state index contributed by atoms with van der Waals surface area (Å²) < 4.78 is 0. The highest BCUT2D eigenvalue weighted by Gasteiger charge is 2.24. The van der Waals surface area contributed by atoms with Crippen molar-refractivity contribution in [3.05, 3.63) is 0 Å². The summed E-state index contributed by atoms with van der Waals surface area (Å²) in [4.78, 5) is 13.3. The predicted molar refractivity (Wildman–Crippen MR) is 70.7 cm³/mol. The van der Waals surface area contributed by atoms with Crippen LogP contribution in [0.2, 0.25) is 0 Å². The lowest BCUT2D eigenvalue weighted by Gasteiger charge is -2.35. The molecule has 1 saturated carbocycles. The lowest BCUT2D eigenvalue weighted by molar-refractivity contribution is -0.122. The van der Waals surface area contributed by atoms with Gasteiger partial charge < -0.3 is 16.0 Å². The first kappa shape index (κ1) is 14.5. The molecule has 1 fully saturated rings. The third-order valence-electron chi connectivity index (χ3n) is 3.86. The molecular formula is C13H27N3O. The number of carbonyl (C=O) groups excluding carboxylic acids is 1. The number of nitrogens with one attached hydrogen (secondary N) is 1. The molecule has 0 aliphatic heterocycles. The van der Waals surface area contributed by atoms with E-state index in [1.807, 2.05) is 6.92 Å². The van der Waals surface area contributed by atoms with Crippen LogP contribution in [-0.2, 0) is 4.79 Å². The highest BCUT2D eigenvalue weighted by Crippen LogP contribution is 2.22. The molecule has 1 unspecified atom stereocenters. The molecule has 0 aromatic carbocycles. The van der Waals surface area contributed by atoms with Crippen molar-refractivity contribution >= 4 is 5.91 Å². The molecule has 1 rings (SSSR count). The maximum absolute atomic E-state index is 11.0. The van der Waals surface area contributed by atoms with Crippen molar-refractivity contribution in [2.24, 2.45) is 11.7 Å². The number of carbonyl (C=O) groups is 1. The lowest BCUT2D eigenvalue weighted by atomic mass is 9.90. The van der Waals surface area contributed by atoms with Gasteiger partial charge in [-0.2, -0.15) is 0 Å². The van der Waals surface area contributed by atoms with Crippen LogP contribution >= 0.6 is 0 Å². The molecule has 0 heterocycles. The van der Waals surface area contributed by atoms with Crippen molar-refractivity contribution in [1.29, 1.82) is 0 Å². The van der Waals surface area contributed by atoms with Crippen LogP contribution in [0.4, 0.5) is 0 Å². The molecular weight excluding hydrogens is 214 g/mol. The van der Waals surface area contributed by atoms with E-state index in [0.717, 1.165) is 13.1 Å². The van der Waals surface area contributed by atoms with Gasteiger partial charge in [0.1, 0.15) is 0 Å². The molecule has 100 valence electrons. The number of nitrogens with two attached hydrogens (primary N) is 1. The molecule has 0 radical (unpaired) electrons. The number of rotatable bonds is 6. The second-order valence-electron chi connectivity index (χ2n) is 5.31. The molecule has 17 heavy (non-hydrogen) atoms. The fraction of sp³-hybridized carbons (Fsp3) is 0.923. The Morgan fingerprint density at radius 3 is 2.47 bits per heavy atom. The van der Waals surface area contributed by atoms with E-state index in [1.165, 1.54) is 25.7 Å². The summed E-state index contributed by atoms with van der Waals surface area (Å²) in [5.41, 5.74) is 5.30. The van der Waals surface area contributed by atoms with E-state index in [9.17, 15) is 4.79 Å². The number of hydrogen-bond acceptors (Lipinski definition) is 3. The van der Waals surface area contributed by atoms with Crippen molar-refractivity contribution in [2.45, 2.75) is 51.6 Å². The van der Waals surface area contributed by atoms with Crippen LogP contribution in [0.25, 0.3) is 0 Å². The Morgan fingerprint density at radius 1 is 1.41 bits per heavy atom. The Labute approximate surface area is 105 Å². The number of nitrogens with zero attached hydrogens (tertiary/aromatic N) is 1. The second-order valence-corrected chi connectivity index (χ2v) is 5.31. The maximum Gasteiger partial charge on any atom is 0.221 e. The Kier molecular flexibility index (Phi) is 5.92. The van der Waals surface area contributed by atoms with Gasteiger partial charge in [0.2, 0.25) is 5.91 Å². The Balaban J connectivity index is 2.30. The van der Waals surface area contributed by atoms with Gasteiger partial charge in [0.25, 0.3) is 0 Å². The second kappa shape index (κ2) is 6.97. The first-order chi connectivity index (χ1) is 8.04. The normalized spacial score (nSPS) is 27.1. The third-order valence-corrected chi connectivity index (χ3v) is 3.86. The van der Waals surface area contributed by atoms with Gasteiger partial charge in [-0.25, -0.2) is 0 Å². The fourth-order valence-corrected chi connectivity index (χ4v) is 2.68. The predicted octanol–water partition coefficient (Wildman–Crippen LogP) is 0.960. The van der Waals surface area contributed by atoms with Crippen molar-refractivity contribution in [3.8, 4) is 0 Å². The monoisotopic (exact) mass is 241 g/mol. The first-order valence-corrected chi connectivity index (χ1v) is 6.77. The zero-order chi connectivity index (χ0) is 12.8. The highest BCUT2D eigenvalue weighted by atomic mass is 16.1. The topological polar surface area (TPSA) is 58.4 Å². The summed E-state index contributed by atoms with van der Waals surface area (Å²) in [6.45, 7) is 5.91. The quantitative estimate of drug-likeness (QED) is 0.728. The first-order valence-electron chi connectivity index (χ1n) is 6.77. The van der Waals surface area contributed by atoms with Gasteiger partial charge in [0.15, 0.2) is 0 Å². The molecule has 0 bridgehead atoms. The molecule has 4 heteroatoms.